The van der Waals surface area contributed by atoms with Gasteiger partial charge in [0.2, 0.25) is 0 Å². The monoisotopic (exact) mass is 261 g/mol. The van der Waals surface area contributed by atoms with Gasteiger partial charge in [0.1, 0.15) is 0 Å². The van der Waals surface area contributed by atoms with Crippen LogP contribution in [0.1, 0.15) is 18.5 Å². The van der Waals surface area contributed by atoms with Gasteiger partial charge in [-0.3, -0.25) is 4.98 Å². The smallest absolute Gasteiger partial charge is 0.178 e. The standard InChI is InChI=1S/C12H11N3S2/c1-8(9-3-5-17-7-9)15-11-2-4-13-6-10(11)14-12(15)16/h2-8H,1H3,(H,14,16). The van der Waals surface area contributed by atoms with Crippen LogP contribution in [0.25, 0.3) is 11.0 Å². The van der Waals surface area contributed by atoms with Crippen LogP contribution in [-0.4, -0.2) is 14.5 Å². The molecule has 5 heteroatoms. The molecule has 1 N–H and O–H groups in total. The molecule has 3 aromatic heterocycles. The third kappa shape index (κ3) is 1.71. The first-order valence-corrected chi connectivity index (χ1v) is 6.69. The summed E-state index contributed by atoms with van der Waals surface area (Å²) in [5.41, 5.74) is 3.37. The van der Waals surface area contributed by atoms with E-state index in [1.807, 2.05) is 12.3 Å². The van der Waals surface area contributed by atoms with Crippen LogP contribution >= 0.6 is 23.6 Å². The second kappa shape index (κ2) is 4.09. The number of hydrogen-bond acceptors (Lipinski definition) is 3. The SMILES string of the molecule is CC(c1ccsc1)n1c(=S)[nH]c2cnccc21. The van der Waals surface area contributed by atoms with Crippen molar-refractivity contribution in [1.82, 2.24) is 14.5 Å². The summed E-state index contributed by atoms with van der Waals surface area (Å²) in [6.07, 6.45) is 3.60. The molecule has 0 saturated carbocycles. The normalized spacial score (nSPS) is 13.0. The summed E-state index contributed by atoms with van der Waals surface area (Å²) in [7, 11) is 0. The van der Waals surface area contributed by atoms with Crippen LogP contribution in [0.5, 0.6) is 0 Å². The van der Waals surface area contributed by atoms with Crippen molar-refractivity contribution in [2.75, 3.05) is 0 Å². The Hall–Kier alpha value is -1.46. The molecule has 3 nitrogen and oxygen atoms in total. The van der Waals surface area contributed by atoms with Crippen LogP contribution in [-0.2, 0) is 0 Å². The maximum absolute atomic E-state index is 5.39. The number of imidazole rings is 1. The van der Waals surface area contributed by atoms with Crippen molar-refractivity contribution >= 4 is 34.6 Å². The zero-order valence-electron chi connectivity index (χ0n) is 9.25. The van der Waals surface area contributed by atoms with Crippen molar-refractivity contribution in [2.45, 2.75) is 13.0 Å². The Kier molecular flexibility index (Phi) is 2.57. The van der Waals surface area contributed by atoms with Gasteiger partial charge in [0.15, 0.2) is 4.77 Å². The van der Waals surface area contributed by atoms with Crippen LogP contribution in [0.4, 0.5) is 0 Å². The Balaban J connectivity index is 2.23. The second-order valence-corrected chi connectivity index (χ2v) is 5.09. The average molecular weight is 261 g/mol. The van der Waals surface area contributed by atoms with Gasteiger partial charge in [-0.05, 0) is 47.6 Å². The minimum Gasteiger partial charge on any atom is -0.329 e. The molecular formula is C12H11N3S2. The third-order valence-corrected chi connectivity index (χ3v) is 3.93. The zero-order chi connectivity index (χ0) is 11.8. The van der Waals surface area contributed by atoms with Crippen LogP contribution in [0, 0.1) is 4.77 Å². The Morgan fingerprint density at radius 1 is 1.47 bits per heavy atom. The molecule has 0 bridgehead atoms. The van der Waals surface area contributed by atoms with Crippen LogP contribution in [0.2, 0.25) is 0 Å². The predicted molar refractivity (Wildman–Crippen MR) is 73.0 cm³/mol. The molecule has 86 valence electrons. The number of nitrogens with zero attached hydrogens (tertiary/aromatic N) is 2. The molecule has 0 aliphatic carbocycles. The fraction of sp³-hybridized carbons (Fsp3) is 0.167. The van der Waals surface area contributed by atoms with Crippen molar-refractivity contribution in [3.63, 3.8) is 0 Å². The lowest BCUT2D eigenvalue weighted by Crippen LogP contribution is -2.05. The number of H-pyrrole nitrogens is 1. The van der Waals surface area contributed by atoms with Gasteiger partial charge in [0.25, 0.3) is 0 Å². The highest BCUT2D eigenvalue weighted by molar-refractivity contribution is 7.71. The molecule has 3 aromatic rings. The highest BCUT2D eigenvalue weighted by atomic mass is 32.1. The van der Waals surface area contributed by atoms with Gasteiger partial charge in [-0.15, -0.1) is 0 Å². The summed E-state index contributed by atoms with van der Waals surface area (Å²) in [4.78, 5) is 7.29. The highest BCUT2D eigenvalue weighted by Crippen LogP contribution is 2.25. The lowest BCUT2D eigenvalue weighted by molar-refractivity contribution is 0.651. The first-order chi connectivity index (χ1) is 8.27. The molecule has 0 fully saturated rings. The summed E-state index contributed by atoms with van der Waals surface area (Å²) in [6.45, 7) is 2.16. The molecule has 0 spiro atoms. The van der Waals surface area contributed by atoms with E-state index in [1.54, 1.807) is 17.5 Å². The van der Waals surface area contributed by atoms with Gasteiger partial charge >= 0.3 is 0 Å². The number of rotatable bonds is 2. The number of hydrogen-bond donors (Lipinski definition) is 1. The van der Waals surface area contributed by atoms with Crippen LogP contribution < -0.4 is 0 Å². The van der Waals surface area contributed by atoms with Gasteiger partial charge in [0.05, 0.1) is 23.3 Å². The van der Waals surface area contributed by atoms with E-state index >= 15 is 0 Å². The lowest BCUT2D eigenvalue weighted by Gasteiger charge is -2.12. The second-order valence-electron chi connectivity index (χ2n) is 3.93. The van der Waals surface area contributed by atoms with E-state index in [0.717, 1.165) is 15.8 Å². The average Bonchev–Trinajstić information content (AvgIpc) is 2.94. The molecule has 0 amide bonds. The van der Waals surface area contributed by atoms with Gasteiger partial charge < -0.3 is 9.55 Å². The van der Waals surface area contributed by atoms with Gasteiger partial charge in [-0.1, -0.05) is 0 Å². The Morgan fingerprint density at radius 2 is 2.35 bits per heavy atom. The number of fused-ring (bicyclic) bond motifs is 1. The molecule has 0 aromatic carbocycles. The third-order valence-electron chi connectivity index (χ3n) is 2.93. The van der Waals surface area contributed by atoms with E-state index in [1.165, 1.54) is 5.56 Å². The van der Waals surface area contributed by atoms with Gasteiger partial charge in [-0.2, -0.15) is 11.3 Å². The molecule has 0 saturated heterocycles. The molecular weight excluding hydrogens is 250 g/mol. The van der Waals surface area contributed by atoms with Crippen molar-refractivity contribution < 1.29 is 0 Å². The van der Waals surface area contributed by atoms with E-state index in [9.17, 15) is 0 Å². The summed E-state index contributed by atoms with van der Waals surface area (Å²) in [5.74, 6) is 0. The van der Waals surface area contributed by atoms with Gasteiger partial charge in [-0.25, -0.2) is 0 Å². The molecule has 0 radical (unpaired) electrons. The zero-order valence-corrected chi connectivity index (χ0v) is 10.9. The topological polar surface area (TPSA) is 33.6 Å². The maximum Gasteiger partial charge on any atom is 0.178 e. The van der Waals surface area contributed by atoms with E-state index in [0.29, 0.717) is 0 Å². The largest absolute Gasteiger partial charge is 0.329 e. The summed E-state index contributed by atoms with van der Waals surface area (Å²) in [5, 5.41) is 4.25. The van der Waals surface area contributed by atoms with E-state index < -0.39 is 0 Å². The van der Waals surface area contributed by atoms with Crippen molar-refractivity contribution in [3.05, 3.63) is 45.6 Å². The first kappa shape index (κ1) is 10.7. The van der Waals surface area contributed by atoms with E-state index in [4.69, 9.17) is 12.2 Å². The van der Waals surface area contributed by atoms with Gasteiger partial charge in [0, 0.05) is 6.20 Å². The summed E-state index contributed by atoms with van der Waals surface area (Å²) in [6, 6.07) is 4.37. The molecule has 3 rings (SSSR count). The van der Waals surface area contributed by atoms with E-state index in [-0.39, 0.29) is 6.04 Å². The number of thiophene rings is 1. The van der Waals surface area contributed by atoms with Crippen LogP contribution in [0.15, 0.2) is 35.3 Å². The fourth-order valence-corrected chi connectivity index (χ4v) is 3.14. The van der Waals surface area contributed by atoms with Crippen molar-refractivity contribution in [1.29, 1.82) is 0 Å². The Labute approximate surface area is 108 Å². The Morgan fingerprint density at radius 3 is 3.12 bits per heavy atom. The number of aromatic amines is 1. The molecule has 0 aliphatic heterocycles. The lowest BCUT2D eigenvalue weighted by atomic mass is 10.2. The molecule has 0 aliphatic rings. The summed E-state index contributed by atoms with van der Waals surface area (Å²) < 4.78 is 2.88. The number of aromatic nitrogens is 3. The molecule has 17 heavy (non-hydrogen) atoms. The quantitative estimate of drug-likeness (QED) is 0.712. The number of nitrogens with one attached hydrogen (secondary N) is 1. The predicted octanol–water partition coefficient (Wildman–Crippen LogP) is 3.76. The fourth-order valence-electron chi connectivity index (χ4n) is 2.02. The molecule has 1 unspecified atom stereocenters. The van der Waals surface area contributed by atoms with Crippen molar-refractivity contribution in [3.8, 4) is 0 Å². The minimum absolute atomic E-state index is 0.241. The highest BCUT2D eigenvalue weighted by Gasteiger charge is 2.12. The van der Waals surface area contributed by atoms with Crippen molar-refractivity contribution in [2.24, 2.45) is 0 Å². The van der Waals surface area contributed by atoms with E-state index in [2.05, 4.69) is 38.3 Å². The molecule has 3 heterocycles. The Bertz CT molecular complexity index is 694. The first-order valence-electron chi connectivity index (χ1n) is 5.33. The molecule has 1 atom stereocenters. The minimum atomic E-state index is 0.241. The number of pyridine rings is 1. The van der Waals surface area contributed by atoms with Crippen LogP contribution in [0.3, 0.4) is 0 Å². The summed E-state index contributed by atoms with van der Waals surface area (Å²) >= 11 is 7.09. The maximum atomic E-state index is 5.39.